The maximum absolute atomic E-state index is 12.4. The molecule has 0 N–H and O–H groups in total. The van der Waals surface area contributed by atoms with Gasteiger partial charge in [0.2, 0.25) is 5.91 Å². The fraction of sp³-hybridized carbons (Fsp3) is 0.619. The SMILES string of the molecule is CCC#CCN1CCCC2(CCC(=O)N(CCc3ccccn3)C2)C1. The molecule has 2 aliphatic heterocycles. The summed E-state index contributed by atoms with van der Waals surface area (Å²) in [5, 5.41) is 0. The van der Waals surface area contributed by atoms with Gasteiger partial charge in [-0.15, -0.1) is 5.92 Å². The summed E-state index contributed by atoms with van der Waals surface area (Å²) in [6, 6.07) is 5.99. The first-order valence-electron chi connectivity index (χ1n) is 9.56. The maximum Gasteiger partial charge on any atom is 0.222 e. The van der Waals surface area contributed by atoms with Crippen molar-refractivity contribution in [2.24, 2.45) is 5.41 Å². The van der Waals surface area contributed by atoms with Crippen LogP contribution >= 0.6 is 0 Å². The predicted octanol–water partition coefficient (Wildman–Crippen LogP) is 2.74. The monoisotopic (exact) mass is 339 g/mol. The lowest BCUT2D eigenvalue weighted by Gasteiger charge is -2.48. The van der Waals surface area contributed by atoms with Crippen molar-refractivity contribution in [3.63, 3.8) is 0 Å². The molecule has 4 heteroatoms. The van der Waals surface area contributed by atoms with Crippen LogP contribution in [0.5, 0.6) is 0 Å². The molecule has 3 heterocycles. The van der Waals surface area contributed by atoms with Crippen molar-refractivity contribution in [2.45, 2.75) is 45.4 Å². The van der Waals surface area contributed by atoms with Crippen molar-refractivity contribution >= 4 is 5.91 Å². The third kappa shape index (κ3) is 4.83. The average molecular weight is 339 g/mol. The minimum absolute atomic E-state index is 0.268. The number of hydrogen-bond donors (Lipinski definition) is 0. The van der Waals surface area contributed by atoms with Crippen molar-refractivity contribution in [2.75, 3.05) is 32.7 Å². The van der Waals surface area contributed by atoms with Gasteiger partial charge in [0.25, 0.3) is 0 Å². The highest BCUT2D eigenvalue weighted by Gasteiger charge is 2.41. The lowest BCUT2D eigenvalue weighted by Crippen LogP contribution is -2.54. The van der Waals surface area contributed by atoms with E-state index in [4.69, 9.17) is 0 Å². The number of carbonyl (C=O) groups excluding carboxylic acids is 1. The van der Waals surface area contributed by atoms with E-state index in [1.165, 1.54) is 12.8 Å². The summed E-state index contributed by atoms with van der Waals surface area (Å²) in [5.74, 6) is 6.77. The summed E-state index contributed by atoms with van der Waals surface area (Å²) in [6.45, 7) is 6.87. The normalized spacial score (nSPS) is 24.2. The van der Waals surface area contributed by atoms with Crippen molar-refractivity contribution in [1.82, 2.24) is 14.8 Å². The van der Waals surface area contributed by atoms with Gasteiger partial charge >= 0.3 is 0 Å². The number of amides is 1. The third-order valence-electron chi connectivity index (χ3n) is 5.46. The highest BCUT2D eigenvalue weighted by Crippen LogP contribution is 2.38. The first kappa shape index (κ1) is 17.9. The van der Waals surface area contributed by atoms with E-state index >= 15 is 0 Å². The van der Waals surface area contributed by atoms with Gasteiger partial charge in [-0.05, 0) is 37.9 Å². The molecule has 0 aliphatic carbocycles. The summed E-state index contributed by atoms with van der Waals surface area (Å²) in [7, 11) is 0. The highest BCUT2D eigenvalue weighted by atomic mass is 16.2. The van der Waals surface area contributed by atoms with Crippen molar-refractivity contribution in [3.05, 3.63) is 30.1 Å². The minimum atomic E-state index is 0.268. The molecule has 1 spiro atoms. The van der Waals surface area contributed by atoms with Crippen LogP contribution in [0.2, 0.25) is 0 Å². The van der Waals surface area contributed by atoms with Crippen molar-refractivity contribution in [1.29, 1.82) is 0 Å². The Morgan fingerprint density at radius 2 is 2.16 bits per heavy atom. The van der Waals surface area contributed by atoms with E-state index in [0.29, 0.717) is 12.3 Å². The van der Waals surface area contributed by atoms with Crippen LogP contribution in [0, 0.1) is 17.3 Å². The zero-order valence-electron chi connectivity index (χ0n) is 15.3. The molecule has 1 atom stereocenters. The van der Waals surface area contributed by atoms with Crippen molar-refractivity contribution < 1.29 is 4.79 Å². The Morgan fingerprint density at radius 3 is 2.96 bits per heavy atom. The molecular weight excluding hydrogens is 310 g/mol. The van der Waals surface area contributed by atoms with Gasteiger partial charge in [-0.25, -0.2) is 0 Å². The van der Waals surface area contributed by atoms with E-state index in [2.05, 4.69) is 33.5 Å². The van der Waals surface area contributed by atoms with Crippen LogP contribution in [0.4, 0.5) is 0 Å². The summed E-state index contributed by atoms with van der Waals surface area (Å²) < 4.78 is 0. The molecule has 0 saturated carbocycles. The fourth-order valence-electron chi connectivity index (χ4n) is 4.17. The molecule has 4 nitrogen and oxygen atoms in total. The molecule has 134 valence electrons. The molecule has 1 unspecified atom stereocenters. The van der Waals surface area contributed by atoms with E-state index in [1.54, 1.807) is 0 Å². The van der Waals surface area contributed by atoms with Gasteiger partial charge in [0.1, 0.15) is 0 Å². The van der Waals surface area contributed by atoms with E-state index in [-0.39, 0.29) is 5.41 Å². The molecule has 1 aromatic rings. The Morgan fingerprint density at radius 1 is 1.24 bits per heavy atom. The van der Waals surface area contributed by atoms with E-state index in [0.717, 1.165) is 57.7 Å². The largest absolute Gasteiger partial charge is 0.342 e. The van der Waals surface area contributed by atoms with Gasteiger partial charge in [-0.3, -0.25) is 14.7 Å². The molecule has 2 saturated heterocycles. The lowest BCUT2D eigenvalue weighted by molar-refractivity contribution is -0.139. The Hall–Kier alpha value is -1.86. The summed E-state index contributed by atoms with van der Waals surface area (Å²) >= 11 is 0. The van der Waals surface area contributed by atoms with E-state index in [1.807, 2.05) is 24.4 Å². The third-order valence-corrected chi connectivity index (χ3v) is 5.46. The zero-order valence-corrected chi connectivity index (χ0v) is 15.3. The molecule has 2 aliphatic rings. The predicted molar refractivity (Wildman–Crippen MR) is 99.9 cm³/mol. The fourth-order valence-corrected chi connectivity index (χ4v) is 4.17. The second kappa shape index (κ2) is 8.49. The summed E-state index contributed by atoms with van der Waals surface area (Å²) in [5.41, 5.74) is 1.33. The number of rotatable bonds is 4. The number of carbonyl (C=O) groups is 1. The molecule has 3 rings (SSSR count). The first-order valence-corrected chi connectivity index (χ1v) is 9.56. The standard InChI is InChI=1S/C21H29N3O/c1-2-3-6-14-23-15-7-11-21(17-23)12-9-20(25)24(18-21)16-10-19-8-4-5-13-22-19/h4-5,8,13H,2,7,9-12,14-18H2,1H3. The van der Waals surface area contributed by atoms with Gasteiger partial charge < -0.3 is 4.90 Å². The van der Waals surface area contributed by atoms with E-state index < -0.39 is 0 Å². The van der Waals surface area contributed by atoms with Gasteiger partial charge in [0.05, 0.1) is 6.54 Å². The van der Waals surface area contributed by atoms with Gasteiger partial charge in [-0.1, -0.05) is 18.9 Å². The van der Waals surface area contributed by atoms with Crippen LogP contribution < -0.4 is 0 Å². The van der Waals surface area contributed by atoms with Gasteiger partial charge in [-0.2, -0.15) is 0 Å². The zero-order chi connectivity index (χ0) is 17.5. The Kier molecular flexibility index (Phi) is 6.09. The van der Waals surface area contributed by atoms with Crippen LogP contribution in [0.3, 0.4) is 0 Å². The number of nitrogens with zero attached hydrogens (tertiary/aromatic N) is 3. The molecule has 1 amide bonds. The average Bonchev–Trinajstić information content (AvgIpc) is 2.64. The Labute approximate surface area is 151 Å². The van der Waals surface area contributed by atoms with E-state index in [9.17, 15) is 4.79 Å². The summed E-state index contributed by atoms with van der Waals surface area (Å²) in [6.07, 6.45) is 7.77. The second-order valence-electron chi connectivity index (χ2n) is 7.41. The number of likely N-dealkylation sites (tertiary alicyclic amines) is 2. The topological polar surface area (TPSA) is 36.4 Å². The Bertz CT molecular complexity index is 634. The van der Waals surface area contributed by atoms with Gasteiger partial charge in [0, 0.05) is 56.2 Å². The lowest BCUT2D eigenvalue weighted by atomic mass is 9.73. The first-order chi connectivity index (χ1) is 12.2. The van der Waals surface area contributed by atoms with Crippen LogP contribution in [0.25, 0.3) is 0 Å². The second-order valence-corrected chi connectivity index (χ2v) is 7.41. The molecule has 0 aromatic carbocycles. The molecule has 1 aromatic heterocycles. The number of hydrogen-bond acceptors (Lipinski definition) is 3. The molecule has 0 radical (unpaired) electrons. The highest BCUT2D eigenvalue weighted by molar-refractivity contribution is 5.77. The van der Waals surface area contributed by atoms with Crippen molar-refractivity contribution in [3.8, 4) is 11.8 Å². The number of aromatic nitrogens is 1. The summed E-state index contributed by atoms with van der Waals surface area (Å²) in [4.78, 5) is 21.4. The molecular formula is C21H29N3O. The number of pyridine rings is 1. The van der Waals surface area contributed by atoms with Gasteiger partial charge in [0.15, 0.2) is 0 Å². The maximum atomic E-state index is 12.4. The molecule has 0 bridgehead atoms. The Balaban J connectivity index is 1.59. The van der Waals surface area contributed by atoms with Crippen LogP contribution in [-0.2, 0) is 11.2 Å². The molecule has 25 heavy (non-hydrogen) atoms. The molecule has 2 fully saturated rings. The quantitative estimate of drug-likeness (QED) is 0.792. The number of piperidine rings is 2. The van der Waals surface area contributed by atoms with Crippen LogP contribution in [0.1, 0.15) is 44.7 Å². The van der Waals surface area contributed by atoms with Crippen LogP contribution in [0.15, 0.2) is 24.4 Å². The van der Waals surface area contributed by atoms with Crippen LogP contribution in [-0.4, -0.2) is 53.4 Å². The minimum Gasteiger partial charge on any atom is -0.342 e. The smallest absolute Gasteiger partial charge is 0.222 e.